The zero-order valence-electron chi connectivity index (χ0n) is 5.80. The van der Waals surface area contributed by atoms with Gasteiger partial charge in [0, 0.05) is 13.1 Å². The Labute approximate surface area is 77.6 Å². The van der Waals surface area contributed by atoms with Crippen LogP contribution in [-0.2, 0) is 6.54 Å². The lowest BCUT2D eigenvalue weighted by molar-refractivity contribution is 0.768. The van der Waals surface area contributed by atoms with Gasteiger partial charge in [-0.05, 0) is 34.7 Å². The minimum Gasteiger partial charge on any atom is -0.370 e. The molecule has 0 fully saturated rings. The fourth-order valence-electron chi connectivity index (χ4n) is 1.22. The second kappa shape index (κ2) is 2.51. The van der Waals surface area contributed by atoms with Crippen molar-refractivity contribution in [1.29, 1.82) is 0 Å². The highest BCUT2D eigenvalue weighted by Crippen LogP contribution is 2.11. The summed E-state index contributed by atoms with van der Waals surface area (Å²) in [5.74, 6) is 0.940. The molecule has 1 aliphatic rings. The molecule has 0 radical (unpaired) electrons. The minimum absolute atomic E-state index is 0.119. The molecule has 0 aromatic carbocycles. The van der Waals surface area contributed by atoms with Crippen molar-refractivity contribution in [1.82, 2.24) is 4.57 Å². The fourth-order valence-corrected chi connectivity index (χ4v) is 1.69. The van der Waals surface area contributed by atoms with Gasteiger partial charge in [0.25, 0.3) is 5.56 Å². The smallest absolute Gasteiger partial charge is 0.265 e. The number of pyridine rings is 1. The summed E-state index contributed by atoms with van der Waals surface area (Å²) >= 11 is 2.06. The van der Waals surface area contributed by atoms with Gasteiger partial charge in [0.2, 0.25) is 0 Å². The third kappa shape index (κ3) is 1.05. The van der Waals surface area contributed by atoms with Crippen LogP contribution in [0, 0.1) is 3.57 Å². The number of hydrogen-bond acceptors (Lipinski definition) is 2. The number of hydrogen-bond donors (Lipinski definition) is 1. The Balaban J connectivity index is 2.72. The topological polar surface area (TPSA) is 34.0 Å². The largest absolute Gasteiger partial charge is 0.370 e. The fraction of sp³-hybridized carbons (Fsp3) is 0.286. The lowest BCUT2D eigenvalue weighted by Crippen LogP contribution is -2.19. The van der Waals surface area contributed by atoms with Gasteiger partial charge in [-0.15, -0.1) is 0 Å². The first-order valence-electron chi connectivity index (χ1n) is 3.42. The number of nitrogens with zero attached hydrogens (tertiary/aromatic N) is 1. The molecule has 1 aromatic heterocycles. The Hall–Kier alpha value is -0.520. The van der Waals surface area contributed by atoms with E-state index in [1.807, 2.05) is 12.1 Å². The summed E-state index contributed by atoms with van der Waals surface area (Å²) in [5.41, 5.74) is 0.119. The molecular formula is C7H7IN2O. The van der Waals surface area contributed by atoms with Crippen molar-refractivity contribution in [3.63, 3.8) is 0 Å². The van der Waals surface area contributed by atoms with Gasteiger partial charge in [0.1, 0.15) is 5.82 Å². The Morgan fingerprint density at radius 2 is 2.36 bits per heavy atom. The van der Waals surface area contributed by atoms with Crippen LogP contribution in [-0.4, -0.2) is 11.1 Å². The molecule has 11 heavy (non-hydrogen) atoms. The molecule has 0 amide bonds. The van der Waals surface area contributed by atoms with Gasteiger partial charge in [-0.3, -0.25) is 9.36 Å². The maximum Gasteiger partial charge on any atom is 0.265 e. The van der Waals surface area contributed by atoms with Crippen molar-refractivity contribution in [3.05, 3.63) is 26.1 Å². The molecular weight excluding hydrogens is 255 g/mol. The van der Waals surface area contributed by atoms with E-state index in [4.69, 9.17) is 0 Å². The van der Waals surface area contributed by atoms with Crippen LogP contribution in [0.15, 0.2) is 16.9 Å². The predicted octanol–water partition coefficient (Wildman–Crippen LogP) is 0.878. The molecule has 0 saturated heterocycles. The second-order valence-corrected chi connectivity index (χ2v) is 3.61. The highest BCUT2D eigenvalue weighted by molar-refractivity contribution is 14.1. The number of halogens is 1. The van der Waals surface area contributed by atoms with Gasteiger partial charge in [-0.1, -0.05) is 0 Å². The first kappa shape index (κ1) is 7.15. The van der Waals surface area contributed by atoms with Crippen LogP contribution in [0.3, 0.4) is 0 Å². The Morgan fingerprint density at radius 3 is 3.18 bits per heavy atom. The number of anilines is 1. The van der Waals surface area contributed by atoms with E-state index in [1.54, 1.807) is 4.57 Å². The Kier molecular flexibility index (Phi) is 1.63. The molecule has 0 aliphatic carbocycles. The zero-order chi connectivity index (χ0) is 7.84. The van der Waals surface area contributed by atoms with Crippen molar-refractivity contribution >= 4 is 28.4 Å². The van der Waals surface area contributed by atoms with Crippen LogP contribution >= 0.6 is 22.6 Å². The van der Waals surface area contributed by atoms with E-state index in [1.165, 1.54) is 0 Å². The maximum absolute atomic E-state index is 11.4. The SMILES string of the molecule is O=c1c(I)ccc2n1CCN2. The number of fused-ring (bicyclic) bond motifs is 1. The molecule has 3 nitrogen and oxygen atoms in total. The van der Waals surface area contributed by atoms with Crippen molar-refractivity contribution < 1.29 is 0 Å². The number of aromatic nitrogens is 1. The van der Waals surface area contributed by atoms with Gasteiger partial charge in [0.05, 0.1) is 3.57 Å². The molecule has 0 atom stereocenters. The third-order valence-electron chi connectivity index (χ3n) is 1.77. The predicted molar refractivity (Wildman–Crippen MR) is 51.9 cm³/mol. The van der Waals surface area contributed by atoms with E-state index in [-0.39, 0.29) is 5.56 Å². The van der Waals surface area contributed by atoms with Gasteiger partial charge < -0.3 is 5.32 Å². The van der Waals surface area contributed by atoms with E-state index in [2.05, 4.69) is 27.9 Å². The maximum atomic E-state index is 11.4. The molecule has 1 N–H and O–H groups in total. The number of nitrogens with one attached hydrogen (secondary N) is 1. The van der Waals surface area contributed by atoms with Crippen molar-refractivity contribution in [3.8, 4) is 0 Å². The van der Waals surface area contributed by atoms with E-state index in [0.29, 0.717) is 0 Å². The van der Waals surface area contributed by atoms with E-state index in [0.717, 1.165) is 22.5 Å². The second-order valence-electron chi connectivity index (χ2n) is 2.45. The summed E-state index contributed by atoms with van der Waals surface area (Å²) in [6, 6.07) is 3.78. The average molecular weight is 262 g/mol. The van der Waals surface area contributed by atoms with Crippen molar-refractivity contribution in [2.24, 2.45) is 0 Å². The molecule has 0 unspecified atom stereocenters. The number of rotatable bonds is 0. The van der Waals surface area contributed by atoms with Gasteiger partial charge in [-0.25, -0.2) is 0 Å². The molecule has 0 saturated carbocycles. The first-order chi connectivity index (χ1) is 5.29. The quantitative estimate of drug-likeness (QED) is 0.704. The molecule has 1 aliphatic heterocycles. The lowest BCUT2D eigenvalue weighted by atomic mass is 10.4. The van der Waals surface area contributed by atoms with Crippen LogP contribution in [0.2, 0.25) is 0 Å². The summed E-state index contributed by atoms with van der Waals surface area (Å²) in [7, 11) is 0. The van der Waals surface area contributed by atoms with E-state index in [9.17, 15) is 4.79 Å². The molecule has 2 heterocycles. The summed E-state index contributed by atoms with van der Waals surface area (Å²) in [6.45, 7) is 1.67. The monoisotopic (exact) mass is 262 g/mol. The van der Waals surface area contributed by atoms with Crippen LogP contribution < -0.4 is 10.9 Å². The van der Waals surface area contributed by atoms with Crippen molar-refractivity contribution in [2.45, 2.75) is 6.54 Å². The third-order valence-corrected chi connectivity index (χ3v) is 2.59. The van der Waals surface area contributed by atoms with Gasteiger partial charge in [-0.2, -0.15) is 0 Å². The standard InChI is InChI=1S/C7H7IN2O/c8-5-1-2-6-9-3-4-10(6)7(5)11/h1-2,9H,3-4H2. The average Bonchev–Trinajstić information content (AvgIpc) is 2.45. The molecule has 58 valence electrons. The summed E-state index contributed by atoms with van der Waals surface area (Å²) < 4.78 is 2.55. The minimum atomic E-state index is 0.119. The molecule has 4 heteroatoms. The Morgan fingerprint density at radius 1 is 1.55 bits per heavy atom. The van der Waals surface area contributed by atoms with E-state index < -0.39 is 0 Å². The first-order valence-corrected chi connectivity index (χ1v) is 4.50. The van der Waals surface area contributed by atoms with Crippen LogP contribution in [0.5, 0.6) is 0 Å². The molecule has 1 aromatic rings. The van der Waals surface area contributed by atoms with Crippen LogP contribution in [0.4, 0.5) is 5.82 Å². The highest BCUT2D eigenvalue weighted by Gasteiger charge is 2.10. The molecule has 0 bridgehead atoms. The summed E-state index contributed by atoms with van der Waals surface area (Å²) in [5, 5.41) is 3.13. The van der Waals surface area contributed by atoms with Gasteiger partial charge in [0.15, 0.2) is 0 Å². The van der Waals surface area contributed by atoms with Crippen LogP contribution in [0.25, 0.3) is 0 Å². The Bertz CT molecular complexity index is 345. The summed E-state index contributed by atoms with van der Waals surface area (Å²) in [4.78, 5) is 11.4. The molecule has 0 spiro atoms. The normalized spacial score (nSPS) is 14.3. The van der Waals surface area contributed by atoms with E-state index >= 15 is 0 Å². The molecule has 2 rings (SSSR count). The van der Waals surface area contributed by atoms with Crippen LogP contribution in [0.1, 0.15) is 0 Å². The van der Waals surface area contributed by atoms with Crippen molar-refractivity contribution in [2.75, 3.05) is 11.9 Å². The lowest BCUT2D eigenvalue weighted by Gasteiger charge is -2.00. The summed E-state index contributed by atoms with van der Waals surface area (Å²) in [6.07, 6.45) is 0. The zero-order valence-corrected chi connectivity index (χ0v) is 7.96. The highest BCUT2D eigenvalue weighted by atomic mass is 127. The van der Waals surface area contributed by atoms with Gasteiger partial charge >= 0.3 is 0 Å².